The molecule has 1 saturated carbocycles. The van der Waals surface area contributed by atoms with Gasteiger partial charge in [-0.15, -0.1) is 23.2 Å². The molecule has 3 atom stereocenters. The molecule has 1 aliphatic carbocycles. The van der Waals surface area contributed by atoms with Crippen LogP contribution in [0.5, 0.6) is 0 Å². The zero-order valence-electron chi connectivity index (χ0n) is 5.56. The Morgan fingerprint density at radius 3 is 2.50 bits per heavy atom. The predicted octanol–water partition coefficient (Wildman–Crippen LogP) is 1.91. The third kappa shape index (κ3) is 1.66. The van der Waals surface area contributed by atoms with Crippen molar-refractivity contribution in [3.8, 4) is 0 Å². The molecule has 0 bridgehead atoms. The number of halogens is 2. The third-order valence-corrected chi connectivity index (χ3v) is 2.84. The van der Waals surface area contributed by atoms with E-state index in [0.717, 1.165) is 5.57 Å². The van der Waals surface area contributed by atoms with E-state index in [9.17, 15) is 5.11 Å². The van der Waals surface area contributed by atoms with Crippen LogP contribution in [0.1, 0.15) is 12.8 Å². The first kappa shape index (κ1) is 8.38. The zero-order valence-corrected chi connectivity index (χ0v) is 7.07. The van der Waals surface area contributed by atoms with Gasteiger partial charge >= 0.3 is 0 Å². The van der Waals surface area contributed by atoms with Crippen LogP contribution in [0.2, 0.25) is 0 Å². The van der Waals surface area contributed by atoms with Gasteiger partial charge in [0.05, 0.1) is 16.9 Å². The third-order valence-electron chi connectivity index (χ3n) is 1.77. The molecule has 0 spiro atoms. The number of aliphatic hydroxyl groups excluding tert-OH is 1. The maximum atomic E-state index is 9.22. The Morgan fingerprint density at radius 2 is 2.00 bits per heavy atom. The van der Waals surface area contributed by atoms with Gasteiger partial charge in [0.1, 0.15) is 0 Å². The first-order valence-corrected chi connectivity index (χ1v) is 4.12. The number of alkyl halides is 2. The molecule has 3 heteroatoms. The first-order chi connectivity index (χ1) is 4.61. The molecule has 0 aromatic carbocycles. The largest absolute Gasteiger partial charge is 0.389 e. The van der Waals surface area contributed by atoms with Crippen LogP contribution < -0.4 is 0 Å². The van der Waals surface area contributed by atoms with E-state index in [1.165, 1.54) is 0 Å². The van der Waals surface area contributed by atoms with Gasteiger partial charge < -0.3 is 5.11 Å². The van der Waals surface area contributed by atoms with Crippen molar-refractivity contribution in [2.24, 2.45) is 0 Å². The number of hydrogen-bond donors (Lipinski definition) is 1. The van der Waals surface area contributed by atoms with E-state index in [0.29, 0.717) is 12.8 Å². The van der Waals surface area contributed by atoms with Crippen molar-refractivity contribution in [2.75, 3.05) is 0 Å². The van der Waals surface area contributed by atoms with Crippen LogP contribution >= 0.6 is 23.2 Å². The van der Waals surface area contributed by atoms with Gasteiger partial charge in [-0.05, 0) is 18.4 Å². The van der Waals surface area contributed by atoms with E-state index >= 15 is 0 Å². The topological polar surface area (TPSA) is 20.2 Å². The van der Waals surface area contributed by atoms with Crippen molar-refractivity contribution in [3.05, 3.63) is 12.2 Å². The minimum atomic E-state index is -0.447. The summed E-state index contributed by atoms with van der Waals surface area (Å²) in [6.45, 7) is 3.69. The fourth-order valence-electron chi connectivity index (χ4n) is 1.04. The molecular formula is C7H10Cl2O. The SMILES string of the molecule is C=C1CC(Cl)C(Cl)CC1O. The maximum Gasteiger partial charge on any atom is 0.0762 e. The average molecular weight is 181 g/mol. The monoisotopic (exact) mass is 180 g/mol. The molecule has 0 saturated heterocycles. The predicted molar refractivity (Wildman–Crippen MR) is 43.7 cm³/mol. The molecule has 1 fully saturated rings. The normalized spacial score (nSPS) is 41.9. The molecule has 0 heterocycles. The molecule has 0 aliphatic heterocycles. The lowest BCUT2D eigenvalue weighted by molar-refractivity contribution is 0.182. The van der Waals surface area contributed by atoms with E-state index in [1.54, 1.807) is 0 Å². The summed E-state index contributed by atoms with van der Waals surface area (Å²) in [5.41, 5.74) is 0.803. The standard InChI is InChI=1S/C7H10Cl2O/c1-4-2-5(8)6(9)3-7(4)10/h5-7,10H,1-3H2. The van der Waals surface area contributed by atoms with Gasteiger partial charge in [-0.25, -0.2) is 0 Å². The maximum absolute atomic E-state index is 9.22. The lowest BCUT2D eigenvalue weighted by atomic mass is 9.93. The molecule has 1 N–H and O–H groups in total. The smallest absolute Gasteiger partial charge is 0.0762 e. The van der Waals surface area contributed by atoms with Gasteiger partial charge in [-0.2, -0.15) is 0 Å². The summed E-state index contributed by atoms with van der Waals surface area (Å²) in [6.07, 6.45) is 0.725. The Morgan fingerprint density at radius 1 is 1.40 bits per heavy atom. The van der Waals surface area contributed by atoms with Crippen molar-refractivity contribution < 1.29 is 5.11 Å². The Bertz CT molecular complexity index is 147. The second kappa shape index (κ2) is 3.12. The molecule has 1 nitrogen and oxygen atoms in total. The minimum Gasteiger partial charge on any atom is -0.389 e. The van der Waals surface area contributed by atoms with E-state index in [1.807, 2.05) is 0 Å². The number of aliphatic hydroxyl groups is 1. The molecule has 1 aliphatic rings. The van der Waals surface area contributed by atoms with Crippen LogP contribution in [0.3, 0.4) is 0 Å². The second-order valence-corrected chi connectivity index (χ2v) is 3.77. The van der Waals surface area contributed by atoms with E-state index in [2.05, 4.69) is 6.58 Å². The Kier molecular flexibility index (Phi) is 2.61. The van der Waals surface area contributed by atoms with Gasteiger partial charge in [0.25, 0.3) is 0 Å². The molecule has 0 aromatic rings. The molecule has 3 unspecified atom stereocenters. The van der Waals surface area contributed by atoms with Crippen LogP contribution in [-0.4, -0.2) is 22.0 Å². The van der Waals surface area contributed by atoms with Crippen molar-refractivity contribution >= 4 is 23.2 Å². The fraction of sp³-hybridized carbons (Fsp3) is 0.714. The Labute approximate surface area is 70.6 Å². The van der Waals surface area contributed by atoms with Gasteiger partial charge in [-0.1, -0.05) is 6.58 Å². The fourth-order valence-corrected chi connectivity index (χ4v) is 1.60. The molecule has 0 aromatic heterocycles. The van der Waals surface area contributed by atoms with Gasteiger partial charge in [0.15, 0.2) is 0 Å². The van der Waals surface area contributed by atoms with Gasteiger partial charge in [0, 0.05) is 0 Å². The summed E-state index contributed by atoms with van der Waals surface area (Å²) in [5, 5.41) is 9.06. The zero-order chi connectivity index (χ0) is 7.72. The summed E-state index contributed by atoms with van der Waals surface area (Å²) in [6, 6.07) is 0. The highest BCUT2D eigenvalue weighted by molar-refractivity contribution is 6.30. The van der Waals surface area contributed by atoms with Crippen LogP contribution in [0.25, 0.3) is 0 Å². The highest BCUT2D eigenvalue weighted by Crippen LogP contribution is 2.30. The molecule has 58 valence electrons. The lowest BCUT2D eigenvalue weighted by Crippen LogP contribution is -2.30. The van der Waals surface area contributed by atoms with E-state index < -0.39 is 6.10 Å². The van der Waals surface area contributed by atoms with Crippen molar-refractivity contribution in [2.45, 2.75) is 29.7 Å². The second-order valence-electron chi connectivity index (χ2n) is 2.65. The first-order valence-electron chi connectivity index (χ1n) is 3.25. The van der Waals surface area contributed by atoms with Crippen LogP contribution in [0.4, 0.5) is 0 Å². The van der Waals surface area contributed by atoms with Crippen molar-refractivity contribution in [3.63, 3.8) is 0 Å². The summed E-state index contributed by atoms with van der Waals surface area (Å²) < 4.78 is 0. The summed E-state index contributed by atoms with van der Waals surface area (Å²) >= 11 is 11.6. The molecule has 1 rings (SSSR count). The average Bonchev–Trinajstić information content (AvgIpc) is 1.84. The molecule has 0 amide bonds. The Hall–Kier alpha value is 0.280. The van der Waals surface area contributed by atoms with Crippen LogP contribution in [0, 0.1) is 0 Å². The van der Waals surface area contributed by atoms with E-state index in [-0.39, 0.29) is 10.8 Å². The summed E-state index contributed by atoms with van der Waals surface area (Å²) in [4.78, 5) is 0. The number of hydrogen-bond acceptors (Lipinski definition) is 1. The van der Waals surface area contributed by atoms with Gasteiger partial charge in [-0.3, -0.25) is 0 Å². The van der Waals surface area contributed by atoms with Crippen molar-refractivity contribution in [1.82, 2.24) is 0 Å². The van der Waals surface area contributed by atoms with Gasteiger partial charge in [0.2, 0.25) is 0 Å². The van der Waals surface area contributed by atoms with E-state index in [4.69, 9.17) is 23.2 Å². The van der Waals surface area contributed by atoms with Crippen LogP contribution in [-0.2, 0) is 0 Å². The lowest BCUT2D eigenvalue weighted by Gasteiger charge is -2.27. The highest BCUT2D eigenvalue weighted by Gasteiger charge is 2.28. The molecule has 0 radical (unpaired) electrons. The van der Waals surface area contributed by atoms with Crippen LogP contribution in [0.15, 0.2) is 12.2 Å². The Balaban J connectivity index is 2.54. The summed E-state index contributed by atoms with van der Waals surface area (Å²) in [5.74, 6) is 0. The molecular weight excluding hydrogens is 171 g/mol. The quantitative estimate of drug-likeness (QED) is 0.447. The number of rotatable bonds is 0. The van der Waals surface area contributed by atoms with Crippen molar-refractivity contribution in [1.29, 1.82) is 0 Å². The molecule has 10 heavy (non-hydrogen) atoms. The highest BCUT2D eigenvalue weighted by atomic mass is 35.5. The minimum absolute atomic E-state index is 0.0578. The summed E-state index contributed by atoms with van der Waals surface area (Å²) in [7, 11) is 0.